The van der Waals surface area contributed by atoms with E-state index in [-0.39, 0.29) is 5.56 Å². The normalized spacial score (nSPS) is 11.7. The number of hydrogen-bond donors (Lipinski definition) is 2. The monoisotopic (exact) mass is 248 g/mol. The van der Waals surface area contributed by atoms with Gasteiger partial charge in [-0.25, -0.2) is 0 Å². The van der Waals surface area contributed by atoms with Gasteiger partial charge in [-0.3, -0.25) is 4.79 Å². The molecule has 2 aromatic rings. The molecule has 6 heteroatoms. The fourth-order valence-electron chi connectivity index (χ4n) is 1.69. The molecule has 0 aromatic carbocycles. The molecule has 0 amide bonds. The molecule has 0 aliphatic heterocycles. The molecular weight excluding hydrogens is 232 g/mol. The SMILES string of the molecule is CCC(N)(CC)c1noc(-c2cc[nH]c(=O)c2)n1. The minimum Gasteiger partial charge on any atom is -0.334 e. The second-order valence-corrected chi connectivity index (χ2v) is 4.23. The lowest BCUT2D eigenvalue weighted by Crippen LogP contribution is -2.36. The van der Waals surface area contributed by atoms with Crippen molar-refractivity contribution in [3.63, 3.8) is 0 Å². The van der Waals surface area contributed by atoms with Gasteiger partial charge in [0.1, 0.15) is 0 Å². The summed E-state index contributed by atoms with van der Waals surface area (Å²) in [6, 6.07) is 3.11. The molecule has 96 valence electrons. The van der Waals surface area contributed by atoms with Gasteiger partial charge in [0.05, 0.1) is 5.54 Å². The van der Waals surface area contributed by atoms with E-state index in [4.69, 9.17) is 10.3 Å². The summed E-state index contributed by atoms with van der Waals surface area (Å²) in [5.74, 6) is 0.788. The first-order valence-corrected chi connectivity index (χ1v) is 5.91. The third-order valence-corrected chi connectivity index (χ3v) is 3.16. The Morgan fingerprint density at radius 3 is 2.78 bits per heavy atom. The third kappa shape index (κ3) is 2.19. The fraction of sp³-hybridized carbons (Fsp3) is 0.417. The maximum Gasteiger partial charge on any atom is 0.258 e. The largest absolute Gasteiger partial charge is 0.334 e. The Bertz CT molecular complexity index is 584. The third-order valence-electron chi connectivity index (χ3n) is 3.16. The molecule has 0 aliphatic rings. The molecule has 0 atom stereocenters. The summed E-state index contributed by atoms with van der Waals surface area (Å²) in [5.41, 5.74) is 5.98. The van der Waals surface area contributed by atoms with Crippen molar-refractivity contribution in [2.45, 2.75) is 32.2 Å². The number of rotatable bonds is 4. The Morgan fingerprint density at radius 1 is 1.44 bits per heavy atom. The highest BCUT2D eigenvalue weighted by Gasteiger charge is 2.29. The molecule has 0 unspecified atom stereocenters. The highest BCUT2D eigenvalue weighted by Crippen LogP contribution is 2.25. The molecule has 0 fully saturated rings. The molecule has 0 spiro atoms. The molecule has 0 bridgehead atoms. The average molecular weight is 248 g/mol. The Hall–Kier alpha value is -1.95. The van der Waals surface area contributed by atoms with Crippen LogP contribution in [0.5, 0.6) is 0 Å². The second-order valence-electron chi connectivity index (χ2n) is 4.23. The zero-order valence-electron chi connectivity index (χ0n) is 10.4. The molecule has 2 heterocycles. The lowest BCUT2D eigenvalue weighted by molar-refractivity contribution is 0.350. The van der Waals surface area contributed by atoms with Crippen molar-refractivity contribution in [2.24, 2.45) is 5.73 Å². The van der Waals surface area contributed by atoms with Crippen LogP contribution in [0.15, 0.2) is 27.6 Å². The van der Waals surface area contributed by atoms with E-state index < -0.39 is 5.54 Å². The molecule has 0 saturated carbocycles. The highest BCUT2D eigenvalue weighted by molar-refractivity contribution is 5.51. The van der Waals surface area contributed by atoms with Gasteiger partial charge in [-0.05, 0) is 18.9 Å². The smallest absolute Gasteiger partial charge is 0.258 e. The van der Waals surface area contributed by atoms with Gasteiger partial charge in [-0.1, -0.05) is 19.0 Å². The molecule has 0 aliphatic carbocycles. The zero-order chi connectivity index (χ0) is 13.2. The maximum absolute atomic E-state index is 11.2. The van der Waals surface area contributed by atoms with Crippen LogP contribution in [0.25, 0.3) is 11.5 Å². The maximum atomic E-state index is 11.2. The van der Waals surface area contributed by atoms with Crippen LogP contribution < -0.4 is 11.3 Å². The lowest BCUT2D eigenvalue weighted by Gasteiger charge is -2.21. The van der Waals surface area contributed by atoms with Crippen LogP contribution in [0, 0.1) is 0 Å². The van der Waals surface area contributed by atoms with Gasteiger partial charge in [-0.2, -0.15) is 4.98 Å². The Balaban J connectivity index is 2.39. The Kier molecular flexibility index (Phi) is 3.29. The van der Waals surface area contributed by atoms with Crippen molar-refractivity contribution in [3.05, 3.63) is 34.5 Å². The number of aromatic amines is 1. The van der Waals surface area contributed by atoms with Crippen molar-refractivity contribution < 1.29 is 4.52 Å². The van der Waals surface area contributed by atoms with Crippen molar-refractivity contribution >= 4 is 0 Å². The molecule has 3 N–H and O–H groups in total. The second kappa shape index (κ2) is 4.73. The summed E-state index contributed by atoms with van der Waals surface area (Å²) in [6.45, 7) is 3.96. The number of aromatic nitrogens is 3. The first kappa shape index (κ1) is 12.5. The summed E-state index contributed by atoms with van der Waals surface area (Å²) in [7, 11) is 0. The molecule has 18 heavy (non-hydrogen) atoms. The van der Waals surface area contributed by atoms with E-state index in [1.165, 1.54) is 12.3 Å². The van der Waals surface area contributed by atoms with Crippen molar-refractivity contribution in [1.29, 1.82) is 0 Å². The summed E-state index contributed by atoms with van der Waals surface area (Å²) < 4.78 is 5.16. The first-order valence-electron chi connectivity index (χ1n) is 5.91. The molecule has 0 saturated heterocycles. The van der Waals surface area contributed by atoms with E-state index in [1.807, 2.05) is 13.8 Å². The number of nitrogens with two attached hydrogens (primary N) is 1. The standard InChI is InChI=1S/C12H16N4O2/c1-3-12(13,4-2)11-15-10(18-16-11)8-5-6-14-9(17)7-8/h5-7H,3-4,13H2,1-2H3,(H,14,17). The minimum absolute atomic E-state index is 0.211. The predicted molar refractivity (Wildman–Crippen MR) is 66.8 cm³/mol. The predicted octanol–water partition coefficient (Wildman–Crippen LogP) is 1.40. The number of nitrogens with zero attached hydrogens (tertiary/aromatic N) is 2. The van der Waals surface area contributed by atoms with E-state index in [9.17, 15) is 4.79 Å². The van der Waals surface area contributed by atoms with Gasteiger partial charge >= 0.3 is 0 Å². The first-order chi connectivity index (χ1) is 8.59. The van der Waals surface area contributed by atoms with E-state index in [0.717, 1.165) is 12.8 Å². The van der Waals surface area contributed by atoms with Crippen LogP contribution in [0.3, 0.4) is 0 Å². The molecule has 6 nitrogen and oxygen atoms in total. The molecule has 2 aromatic heterocycles. The quantitative estimate of drug-likeness (QED) is 0.852. The van der Waals surface area contributed by atoms with Crippen LogP contribution >= 0.6 is 0 Å². The van der Waals surface area contributed by atoms with E-state index >= 15 is 0 Å². The molecular formula is C12H16N4O2. The van der Waals surface area contributed by atoms with Crippen LogP contribution in [0.4, 0.5) is 0 Å². The summed E-state index contributed by atoms with van der Waals surface area (Å²) >= 11 is 0. The van der Waals surface area contributed by atoms with Crippen LogP contribution in [0.1, 0.15) is 32.5 Å². The van der Waals surface area contributed by atoms with Crippen molar-refractivity contribution in [3.8, 4) is 11.5 Å². The van der Waals surface area contributed by atoms with E-state index in [1.54, 1.807) is 6.07 Å². The van der Waals surface area contributed by atoms with Crippen LogP contribution in [-0.4, -0.2) is 15.1 Å². The van der Waals surface area contributed by atoms with E-state index in [2.05, 4.69) is 15.1 Å². The Labute approximate surface area is 104 Å². The number of H-pyrrole nitrogens is 1. The molecule has 2 rings (SSSR count). The van der Waals surface area contributed by atoms with Crippen molar-refractivity contribution in [1.82, 2.24) is 15.1 Å². The summed E-state index contributed by atoms with van der Waals surface area (Å²) in [6.07, 6.45) is 2.98. The van der Waals surface area contributed by atoms with Gasteiger partial charge in [0.2, 0.25) is 5.56 Å². The number of hydrogen-bond acceptors (Lipinski definition) is 5. The Morgan fingerprint density at radius 2 is 2.17 bits per heavy atom. The highest BCUT2D eigenvalue weighted by atomic mass is 16.5. The minimum atomic E-state index is -0.580. The number of nitrogens with one attached hydrogen (secondary N) is 1. The summed E-state index contributed by atoms with van der Waals surface area (Å²) in [5, 5.41) is 3.91. The van der Waals surface area contributed by atoms with Crippen LogP contribution in [-0.2, 0) is 5.54 Å². The molecule has 0 radical (unpaired) electrons. The van der Waals surface area contributed by atoms with Crippen molar-refractivity contribution in [2.75, 3.05) is 0 Å². The average Bonchev–Trinajstić information content (AvgIpc) is 2.88. The number of pyridine rings is 1. The lowest BCUT2D eigenvalue weighted by atomic mass is 9.93. The zero-order valence-corrected chi connectivity index (χ0v) is 10.4. The van der Waals surface area contributed by atoms with Gasteiger partial charge in [0, 0.05) is 17.8 Å². The van der Waals surface area contributed by atoms with Crippen LogP contribution in [0.2, 0.25) is 0 Å². The van der Waals surface area contributed by atoms with Gasteiger partial charge < -0.3 is 15.2 Å². The summed E-state index contributed by atoms with van der Waals surface area (Å²) in [4.78, 5) is 18.0. The van der Waals surface area contributed by atoms with E-state index in [0.29, 0.717) is 17.3 Å². The topological polar surface area (TPSA) is 97.8 Å². The van der Waals surface area contributed by atoms with Gasteiger partial charge in [0.15, 0.2) is 5.82 Å². The van der Waals surface area contributed by atoms with Gasteiger partial charge in [-0.15, -0.1) is 0 Å². The fourth-order valence-corrected chi connectivity index (χ4v) is 1.69. The van der Waals surface area contributed by atoms with Gasteiger partial charge in [0.25, 0.3) is 5.89 Å².